The van der Waals surface area contributed by atoms with Crippen LogP contribution in [0.4, 0.5) is 11.4 Å². The summed E-state index contributed by atoms with van der Waals surface area (Å²) in [6.45, 7) is 0. The van der Waals surface area contributed by atoms with E-state index < -0.39 is 0 Å². The first-order valence-corrected chi connectivity index (χ1v) is 6.73. The van der Waals surface area contributed by atoms with Gasteiger partial charge in [-0.05, 0) is 34.1 Å². The lowest BCUT2D eigenvalue weighted by Crippen LogP contribution is -1.95. The molecule has 0 amide bonds. The molecule has 0 radical (unpaired) electrons. The molecule has 0 bridgehead atoms. The quantitative estimate of drug-likeness (QED) is 0.795. The minimum atomic E-state index is 0.581. The second kappa shape index (κ2) is 5.42. The summed E-state index contributed by atoms with van der Waals surface area (Å²) in [4.78, 5) is 12.9. The smallest absolute Gasteiger partial charge is 0.213 e. The van der Waals surface area contributed by atoms with Crippen LogP contribution in [0.15, 0.2) is 47.3 Å². The normalized spacial score (nSPS) is 10.5. The van der Waals surface area contributed by atoms with Gasteiger partial charge >= 0.3 is 0 Å². The molecule has 3 aromatic rings. The van der Waals surface area contributed by atoms with Crippen molar-refractivity contribution in [2.45, 2.75) is 0 Å². The van der Waals surface area contributed by atoms with Crippen LogP contribution in [0.25, 0.3) is 11.0 Å². The van der Waals surface area contributed by atoms with Gasteiger partial charge in [-0.15, -0.1) is 0 Å². The third-order valence-corrected chi connectivity index (χ3v) is 3.20. The van der Waals surface area contributed by atoms with E-state index in [2.05, 4.69) is 36.2 Å². The van der Waals surface area contributed by atoms with Crippen LogP contribution in [0.3, 0.4) is 0 Å². The average Bonchev–Trinajstić information content (AvgIpc) is 2.48. The van der Waals surface area contributed by atoms with E-state index in [0.717, 1.165) is 26.9 Å². The molecule has 0 fully saturated rings. The first-order valence-electron chi connectivity index (χ1n) is 5.93. The largest absolute Gasteiger partial charge is 0.481 e. The van der Waals surface area contributed by atoms with Gasteiger partial charge in [-0.25, -0.2) is 4.98 Å². The van der Waals surface area contributed by atoms with Crippen molar-refractivity contribution in [3.63, 3.8) is 0 Å². The van der Waals surface area contributed by atoms with Gasteiger partial charge in [0.2, 0.25) is 5.88 Å². The zero-order valence-electron chi connectivity index (χ0n) is 10.7. The number of methoxy groups -OCH3 is 1. The van der Waals surface area contributed by atoms with Gasteiger partial charge in [0.05, 0.1) is 30.2 Å². The molecule has 6 heteroatoms. The van der Waals surface area contributed by atoms with Gasteiger partial charge in [0.25, 0.3) is 0 Å². The number of nitrogens with zero attached hydrogens (tertiary/aromatic N) is 3. The summed E-state index contributed by atoms with van der Waals surface area (Å²) >= 11 is 3.39. The fourth-order valence-corrected chi connectivity index (χ4v) is 2.16. The van der Waals surface area contributed by atoms with E-state index in [-0.39, 0.29) is 0 Å². The van der Waals surface area contributed by atoms with E-state index in [9.17, 15) is 0 Å². The van der Waals surface area contributed by atoms with E-state index in [0.29, 0.717) is 5.88 Å². The second-order valence-electron chi connectivity index (χ2n) is 4.09. The van der Waals surface area contributed by atoms with Gasteiger partial charge in [0.1, 0.15) is 5.52 Å². The lowest BCUT2D eigenvalue weighted by atomic mass is 10.2. The molecule has 0 aliphatic heterocycles. The molecule has 20 heavy (non-hydrogen) atoms. The Kier molecular flexibility index (Phi) is 3.47. The molecule has 1 N–H and O–H groups in total. The Balaban J connectivity index is 1.97. The van der Waals surface area contributed by atoms with Crippen molar-refractivity contribution < 1.29 is 4.74 Å². The number of hydrogen-bond donors (Lipinski definition) is 1. The molecule has 0 saturated carbocycles. The number of nitrogens with one attached hydrogen (secondary N) is 1. The minimum absolute atomic E-state index is 0.581. The second-order valence-corrected chi connectivity index (χ2v) is 5.01. The fourth-order valence-electron chi connectivity index (χ4n) is 1.84. The van der Waals surface area contributed by atoms with Gasteiger partial charge in [-0.1, -0.05) is 0 Å². The maximum absolute atomic E-state index is 5.04. The molecule has 3 aromatic heterocycles. The molecule has 0 saturated heterocycles. The van der Waals surface area contributed by atoms with E-state index in [4.69, 9.17) is 4.74 Å². The van der Waals surface area contributed by atoms with Crippen molar-refractivity contribution in [3.8, 4) is 5.88 Å². The molecule has 5 nitrogen and oxygen atoms in total. The summed E-state index contributed by atoms with van der Waals surface area (Å²) in [6, 6.07) is 7.51. The lowest BCUT2D eigenvalue weighted by Gasteiger charge is -2.09. The van der Waals surface area contributed by atoms with Crippen molar-refractivity contribution in [3.05, 3.63) is 47.3 Å². The van der Waals surface area contributed by atoms with Crippen molar-refractivity contribution in [2.75, 3.05) is 12.4 Å². The molecule has 100 valence electrons. The highest BCUT2D eigenvalue weighted by Crippen LogP contribution is 2.25. The SMILES string of the molecule is COc1ccc(Nc2ccnc3cc(Br)cnc23)cn1. The summed E-state index contributed by atoms with van der Waals surface area (Å²) in [5.41, 5.74) is 3.38. The highest BCUT2D eigenvalue weighted by Gasteiger charge is 2.05. The number of hydrogen-bond acceptors (Lipinski definition) is 5. The molecule has 0 spiro atoms. The number of anilines is 2. The molecular weight excluding hydrogens is 320 g/mol. The monoisotopic (exact) mass is 330 g/mol. The number of rotatable bonds is 3. The maximum atomic E-state index is 5.04. The number of halogens is 1. The summed E-state index contributed by atoms with van der Waals surface area (Å²) < 4.78 is 5.94. The summed E-state index contributed by atoms with van der Waals surface area (Å²) in [6.07, 6.45) is 5.21. The van der Waals surface area contributed by atoms with Crippen LogP contribution in [-0.4, -0.2) is 22.1 Å². The van der Waals surface area contributed by atoms with Crippen molar-refractivity contribution in [1.82, 2.24) is 15.0 Å². The van der Waals surface area contributed by atoms with E-state index in [1.165, 1.54) is 0 Å². The third kappa shape index (κ3) is 2.55. The molecule has 0 aliphatic rings. The predicted octanol–water partition coefficient (Wildman–Crippen LogP) is 3.54. The first-order chi connectivity index (χ1) is 9.76. The van der Waals surface area contributed by atoms with Gasteiger partial charge in [-0.3, -0.25) is 9.97 Å². The number of aromatic nitrogens is 3. The molecule has 3 rings (SSSR count). The zero-order valence-corrected chi connectivity index (χ0v) is 12.3. The predicted molar refractivity (Wildman–Crippen MR) is 81.3 cm³/mol. The Morgan fingerprint density at radius 2 is 2.00 bits per heavy atom. The third-order valence-electron chi connectivity index (χ3n) is 2.77. The molecule has 0 unspecified atom stereocenters. The number of fused-ring (bicyclic) bond motifs is 1. The van der Waals surface area contributed by atoms with Gasteiger partial charge in [0.15, 0.2) is 0 Å². The van der Waals surface area contributed by atoms with Crippen LogP contribution in [0.2, 0.25) is 0 Å². The summed E-state index contributed by atoms with van der Waals surface area (Å²) in [7, 11) is 1.59. The van der Waals surface area contributed by atoms with Crippen LogP contribution in [0.5, 0.6) is 5.88 Å². The van der Waals surface area contributed by atoms with E-state index in [1.807, 2.05) is 18.2 Å². The van der Waals surface area contributed by atoms with Crippen molar-refractivity contribution in [1.29, 1.82) is 0 Å². The Morgan fingerprint density at radius 1 is 1.10 bits per heavy atom. The van der Waals surface area contributed by atoms with Gasteiger partial charge in [-0.2, -0.15) is 0 Å². The highest BCUT2D eigenvalue weighted by molar-refractivity contribution is 9.10. The Morgan fingerprint density at radius 3 is 2.75 bits per heavy atom. The molecule has 0 aromatic carbocycles. The van der Waals surface area contributed by atoms with Crippen LogP contribution < -0.4 is 10.1 Å². The van der Waals surface area contributed by atoms with Crippen LogP contribution in [-0.2, 0) is 0 Å². The number of pyridine rings is 3. The highest BCUT2D eigenvalue weighted by atomic mass is 79.9. The standard InChI is InChI=1S/C14H11BrN4O/c1-20-13-3-2-10(8-17-13)19-11-4-5-16-12-6-9(15)7-18-14(11)12/h2-8H,1H3,(H,16,19). The molecule has 0 atom stereocenters. The maximum Gasteiger partial charge on any atom is 0.213 e. The topological polar surface area (TPSA) is 59.9 Å². The fraction of sp³-hybridized carbons (Fsp3) is 0.0714. The van der Waals surface area contributed by atoms with Gasteiger partial charge in [0, 0.05) is 22.9 Å². The molecule has 3 heterocycles. The number of ether oxygens (including phenoxy) is 1. The average molecular weight is 331 g/mol. The van der Waals surface area contributed by atoms with E-state index in [1.54, 1.807) is 31.8 Å². The van der Waals surface area contributed by atoms with E-state index >= 15 is 0 Å². The van der Waals surface area contributed by atoms with Gasteiger partial charge < -0.3 is 10.1 Å². The summed E-state index contributed by atoms with van der Waals surface area (Å²) in [5, 5.41) is 3.28. The van der Waals surface area contributed by atoms with Crippen LogP contribution in [0.1, 0.15) is 0 Å². The molecule has 0 aliphatic carbocycles. The van der Waals surface area contributed by atoms with Crippen LogP contribution in [0, 0.1) is 0 Å². The minimum Gasteiger partial charge on any atom is -0.481 e. The van der Waals surface area contributed by atoms with Crippen molar-refractivity contribution >= 4 is 38.3 Å². The Hall–Kier alpha value is -2.21. The summed E-state index contributed by atoms with van der Waals surface area (Å²) in [5.74, 6) is 0.581. The zero-order chi connectivity index (χ0) is 13.9. The first kappa shape index (κ1) is 12.8. The van der Waals surface area contributed by atoms with Crippen molar-refractivity contribution in [2.24, 2.45) is 0 Å². The Bertz CT molecular complexity index is 746. The Labute approximate surface area is 124 Å². The lowest BCUT2D eigenvalue weighted by molar-refractivity contribution is 0.398. The molecular formula is C14H11BrN4O. The van der Waals surface area contributed by atoms with Crippen LogP contribution >= 0.6 is 15.9 Å².